The van der Waals surface area contributed by atoms with Crippen molar-refractivity contribution in [2.75, 3.05) is 7.11 Å². The first-order valence-electron chi connectivity index (χ1n) is 5.61. The van der Waals surface area contributed by atoms with Crippen LogP contribution in [0.2, 0.25) is 0 Å². The zero-order valence-corrected chi connectivity index (χ0v) is 10.4. The molecule has 2 aromatic rings. The van der Waals surface area contributed by atoms with E-state index >= 15 is 0 Å². The highest BCUT2D eigenvalue weighted by molar-refractivity contribution is 5.84. The number of methoxy groups -OCH3 is 1. The summed E-state index contributed by atoms with van der Waals surface area (Å²) in [7, 11) is 1.27. The van der Waals surface area contributed by atoms with Crippen molar-refractivity contribution in [1.29, 1.82) is 0 Å². The Morgan fingerprint density at radius 1 is 1.26 bits per heavy atom. The summed E-state index contributed by atoms with van der Waals surface area (Å²) in [4.78, 5) is 19.0. The molecule has 0 saturated carbocycles. The van der Waals surface area contributed by atoms with Crippen molar-refractivity contribution in [3.8, 4) is 11.6 Å². The minimum Gasteiger partial charge on any atom is -0.463 e. The van der Waals surface area contributed by atoms with Gasteiger partial charge in [0, 0.05) is 18.8 Å². The number of nitrogens with zero attached hydrogens (tertiary/aromatic N) is 2. The van der Waals surface area contributed by atoms with Crippen LogP contribution in [0.15, 0.2) is 36.5 Å². The van der Waals surface area contributed by atoms with Crippen molar-refractivity contribution in [3.63, 3.8) is 0 Å². The third kappa shape index (κ3) is 3.26. The molecule has 0 bridgehead atoms. The first-order valence-corrected chi connectivity index (χ1v) is 5.61. The molecule has 19 heavy (non-hydrogen) atoms. The fraction of sp³-hybridized carbons (Fsp3) is 0.154. The highest BCUT2D eigenvalue weighted by Gasteiger charge is 2.10. The van der Waals surface area contributed by atoms with Crippen LogP contribution < -0.4 is 10.5 Å². The smallest absolute Gasteiger partial charge is 0.376 e. The van der Waals surface area contributed by atoms with Crippen LogP contribution in [-0.4, -0.2) is 23.0 Å². The largest absolute Gasteiger partial charge is 0.463 e. The van der Waals surface area contributed by atoms with Gasteiger partial charge in [0.25, 0.3) is 0 Å². The molecule has 0 radical (unpaired) electrons. The van der Waals surface area contributed by atoms with Crippen LogP contribution in [0, 0.1) is 0 Å². The van der Waals surface area contributed by atoms with Crippen LogP contribution in [0.5, 0.6) is 11.6 Å². The molecule has 0 unspecified atom stereocenters. The van der Waals surface area contributed by atoms with Crippen LogP contribution in [0.1, 0.15) is 16.2 Å². The van der Waals surface area contributed by atoms with Gasteiger partial charge in [0.1, 0.15) is 5.75 Å². The second-order valence-corrected chi connectivity index (χ2v) is 3.66. The Bertz CT molecular complexity index is 570. The first kappa shape index (κ1) is 13.0. The molecule has 1 aromatic carbocycles. The van der Waals surface area contributed by atoms with E-state index in [1.807, 2.05) is 12.1 Å². The van der Waals surface area contributed by atoms with E-state index in [1.54, 1.807) is 18.2 Å². The fourth-order valence-electron chi connectivity index (χ4n) is 1.40. The number of aromatic nitrogens is 2. The zero-order chi connectivity index (χ0) is 13.7. The molecule has 2 N–H and O–H groups in total. The van der Waals surface area contributed by atoms with Crippen molar-refractivity contribution in [1.82, 2.24) is 9.97 Å². The summed E-state index contributed by atoms with van der Waals surface area (Å²) in [6, 6.07) is 8.84. The van der Waals surface area contributed by atoms with Crippen molar-refractivity contribution in [2.24, 2.45) is 5.73 Å². The molecule has 0 fully saturated rings. The SMILES string of the molecule is COC(=O)c1nccc(Oc2ccc(CN)cc2)n1. The summed E-state index contributed by atoms with van der Waals surface area (Å²) >= 11 is 0. The summed E-state index contributed by atoms with van der Waals surface area (Å²) in [5, 5.41) is 0. The van der Waals surface area contributed by atoms with Crippen molar-refractivity contribution < 1.29 is 14.3 Å². The predicted molar refractivity (Wildman–Crippen MR) is 67.8 cm³/mol. The van der Waals surface area contributed by atoms with E-state index in [-0.39, 0.29) is 11.7 Å². The van der Waals surface area contributed by atoms with Gasteiger partial charge in [-0.05, 0) is 17.7 Å². The molecule has 1 heterocycles. The molecule has 98 valence electrons. The molecule has 0 aliphatic carbocycles. The average molecular weight is 259 g/mol. The number of rotatable bonds is 4. The number of carbonyl (C=O) groups excluding carboxylic acids is 1. The van der Waals surface area contributed by atoms with E-state index in [9.17, 15) is 4.79 Å². The van der Waals surface area contributed by atoms with E-state index in [4.69, 9.17) is 10.5 Å². The van der Waals surface area contributed by atoms with Gasteiger partial charge in [0.15, 0.2) is 0 Å². The van der Waals surface area contributed by atoms with Gasteiger partial charge in [0.2, 0.25) is 11.7 Å². The second-order valence-electron chi connectivity index (χ2n) is 3.66. The molecule has 0 saturated heterocycles. The number of benzene rings is 1. The van der Waals surface area contributed by atoms with Crippen molar-refractivity contribution in [2.45, 2.75) is 6.54 Å². The Morgan fingerprint density at radius 2 is 2.00 bits per heavy atom. The molecule has 0 amide bonds. The van der Waals surface area contributed by atoms with Gasteiger partial charge in [-0.1, -0.05) is 12.1 Å². The van der Waals surface area contributed by atoms with Gasteiger partial charge in [-0.3, -0.25) is 0 Å². The number of hydrogen-bond donors (Lipinski definition) is 1. The lowest BCUT2D eigenvalue weighted by atomic mass is 10.2. The number of hydrogen-bond acceptors (Lipinski definition) is 6. The Morgan fingerprint density at radius 3 is 2.63 bits per heavy atom. The van der Waals surface area contributed by atoms with Gasteiger partial charge in [0.05, 0.1) is 7.11 Å². The summed E-state index contributed by atoms with van der Waals surface area (Å²) < 4.78 is 10.1. The minimum absolute atomic E-state index is 0.0430. The van der Waals surface area contributed by atoms with Crippen LogP contribution in [0.3, 0.4) is 0 Å². The van der Waals surface area contributed by atoms with Gasteiger partial charge >= 0.3 is 5.97 Å². The maximum atomic E-state index is 11.3. The minimum atomic E-state index is -0.607. The van der Waals surface area contributed by atoms with Gasteiger partial charge < -0.3 is 15.2 Å². The summed E-state index contributed by atoms with van der Waals surface area (Å²) in [6.07, 6.45) is 1.43. The lowest BCUT2D eigenvalue weighted by Gasteiger charge is -2.06. The van der Waals surface area contributed by atoms with Crippen LogP contribution in [0.25, 0.3) is 0 Å². The maximum Gasteiger partial charge on any atom is 0.376 e. The van der Waals surface area contributed by atoms with E-state index < -0.39 is 5.97 Å². The summed E-state index contributed by atoms with van der Waals surface area (Å²) in [5.74, 6) is 0.227. The second kappa shape index (κ2) is 5.92. The van der Waals surface area contributed by atoms with Crippen molar-refractivity contribution >= 4 is 5.97 Å². The predicted octanol–water partition coefficient (Wildman–Crippen LogP) is 1.51. The average Bonchev–Trinajstić information content (AvgIpc) is 2.47. The summed E-state index contributed by atoms with van der Waals surface area (Å²) in [6.45, 7) is 0.472. The van der Waals surface area contributed by atoms with E-state index in [0.717, 1.165) is 5.56 Å². The number of ether oxygens (including phenoxy) is 2. The molecule has 0 atom stereocenters. The Labute approximate surface area is 110 Å². The van der Waals surface area contributed by atoms with E-state index in [0.29, 0.717) is 12.3 Å². The van der Waals surface area contributed by atoms with Crippen LogP contribution in [-0.2, 0) is 11.3 Å². The quantitative estimate of drug-likeness (QED) is 0.837. The fourth-order valence-corrected chi connectivity index (χ4v) is 1.40. The molecular formula is C13H13N3O3. The molecule has 2 rings (SSSR count). The Hall–Kier alpha value is -2.47. The van der Waals surface area contributed by atoms with E-state index in [1.165, 1.54) is 13.3 Å². The molecule has 0 aliphatic heterocycles. The summed E-state index contributed by atoms with van der Waals surface area (Å²) in [5.41, 5.74) is 6.51. The monoisotopic (exact) mass is 259 g/mol. The number of carbonyl (C=O) groups is 1. The third-order valence-electron chi connectivity index (χ3n) is 2.38. The molecule has 6 heteroatoms. The molecular weight excluding hydrogens is 246 g/mol. The lowest BCUT2D eigenvalue weighted by Crippen LogP contribution is -2.07. The normalized spacial score (nSPS) is 10.0. The van der Waals surface area contributed by atoms with Gasteiger partial charge in [-0.2, -0.15) is 4.98 Å². The van der Waals surface area contributed by atoms with E-state index in [2.05, 4.69) is 14.7 Å². The molecule has 1 aromatic heterocycles. The molecule has 0 aliphatic rings. The number of nitrogens with two attached hydrogens (primary N) is 1. The standard InChI is InChI=1S/C13H13N3O3/c1-18-13(17)12-15-7-6-11(16-12)19-10-4-2-9(8-14)3-5-10/h2-7H,8,14H2,1H3. The van der Waals surface area contributed by atoms with Crippen LogP contribution >= 0.6 is 0 Å². The van der Waals surface area contributed by atoms with Crippen LogP contribution in [0.4, 0.5) is 0 Å². The highest BCUT2D eigenvalue weighted by Crippen LogP contribution is 2.19. The zero-order valence-electron chi connectivity index (χ0n) is 10.4. The Balaban J connectivity index is 2.16. The third-order valence-corrected chi connectivity index (χ3v) is 2.38. The van der Waals surface area contributed by atoms with Gasteiger partial charge in [-0.25, -0.2) is 9.78 Å². The number of esters is 1. The molecule has 6 nitrogen and oxygen atoms in total. The first-order chi connectivity index (χ1) is 9.22. The van der Waals surface area contributed by atoms with Crippen molar-refractivity contribution in [3.05, 3.63) is 47.9 Å². The highest BCUT2D eigenvalue weighted by atomic mass is 16.5. The lowest BCUT2D eigenvalue weighted by molar-refractivity contribution is 0.0585. The maximum absolute atomic E-state index is 11.3. The Kier molecular flexibility index (Phi) is 4.04. The molecule has 0 spiro atoms. The van der Waals surface area contributed by atoms with Gasteiger partial charge in [-0.15, -0.1) is 0 Å². The topological polar surface area (TPSA) is 87.3 Å².